The molecule has 17 heavy (non-hydrogen) atoms. The minimum absolute atomic E-state index is 0.360. The van der Waals surface area contributed by atoms with Crippen molar-refractivity contribution in [3.63, 3.8) is 0 Å². The zero-order valence-electron chi connectivity index (χ0n) is 10.6. The molecule has 0 aliphatic carbocycles. The third kappa shape index (κ3) is 3.37. The highest BCUT2D eigenvalue weighted by Gasteiger charge is 2.25. The minimum Gasteiger partial charge on any atom is -0.377 e. The van der Waals surface area contributed by atoms with Crippen LogP contribution in [-0.4, -0.2) is 47.7 Å². The van der Waals surface area contributed by atoms with Crippen LogP contribution in [-0.2, 0) is 4.74 Å². The summed E-state index contributed by atoms with van der Waals surface area (Å²) in [5.41, 5.74) is 0. The highest BCUT2D eigenvalue weighted by Crippen LogP contribution is 2.21. The Bertz CT molecular complexity index is 355. The van der Waals surface area contributed by atoms with E-state index in [2.05, 4.69) is 33.4 Å². The highest BCUT2D eigenvalue weighted by molar-refractivity contribution is 7.09. The first-order valence-electron chi connectivity index (χ1n) is 6.05. The number of ether oxygens (including phenoxy) is 1. The number of anilines is 1. The van der Waals surface area contributed by atoms with Crippen molar-refractivity contribution in [1.82, 2.24) is 14.7 Å². The average molecular weight is 256 g/mol. The average Bonchev–Trinajstić information content (AvgIpc) is 2.73. The van der Waals surface area contributed by atoms with Gasteiger partial charge in [0.05, 0.1) is 19.3 Å². The van der Waals surface area contributed by atoms with E-state index in [4.69, 9.17) is 4.74 Å². The van der Waals surface area contributed by atoms with Crippen LogP contribution in [0.15, 0.2) is 0 Å². The van der Waals surface area contributed by atoms with E-state index >= 15 is 0 Å². The summed E-state index contributed by atoms with van der Waals surface area (Å²) >= 11 is 1.48. The smallest absolute Gasteiger partial charge is 0.205 e. The third-order valence-electron chi connectivity index (χ3n) is 2.75. The Kier molecular flexibility index (Phi) is 4.31. The second kappa shape index (κ2) is 5.75. The molecule has 0 aromatic carbocycles. The van der Waals surface area contributed by atoms with Crippen LogP contribution in [0.5, 0.6) is 0 Å². The van der Waals surface area contributed by atoms with Gasteiger partial charge in [0.25, 0.3) is 0 Å². The van der Waals surface area contributed by atoms with Gasteiger partial charge in [0, 0.05) is 30.7 Å². The lowest BCUT2D eigenvalue weighted by molar-refractivity contribution is 0.0931. The number of hydrogen-bond acceptors (Lipinski definition) is 6. The van der Waals surface area contributed by atoms with E-state index in [1.165, 1.54) is 11.5 Å². The summed E-state index contributed by atoms with van der Waals surface area (Å²) in [7, 11) is 0. The fourth-order valence-corrected chi connectivity index (χ4v) is 2.62. The first-order valence-corrected chi connectivity index (χ1v) is 6.82. The quantitative estimate of drug-likeness (QED) is 0.872. The van der Waals surface area contributed by atoms with Crippen LogP contribution >= 0.6 is 11.5 Å². The predicted octanol–water partition coefficient (Wildman–Crippen LogP) is 1.05. The van der Waals surface area contributed by atoms with Crippen molar-refractivity contribution in [2.45, 2.75) is 32.9 Å². The molecule has 2 heterocycles. The van der Waals surface area contributed by atoms with Gasteiger partial charge < -0.3 is 15.0 Å². The van der Waals surface area contributed by atoms with E-state index in [9.17, 15) is 0 Å². The molecule has 1 aromatic rings. The second-order valence-corrected chi connectivity index (χ2v) is 5.34. The van der Waals surface area contributed by atoms with Crippen molar-refractivity contribution in [2.24, 2.45) is 0 Å². The standard InChI is InChI=1S/C11H20N4OS/c1-8(2)12-6-10-7-16-5-4-15(10)11-13-9(3)14-17-11/h8,10,12H,4-7H2,1-3H3. The number of nitrogens with one attached hydrogen (secondary N) is 1. The molecule has 1 fully saturated rings. The number of rotatable bonds is 4. The Morgan fingerprint density at radius 3 is 3.06 bits per heavy atom. The van der Waals surface area contributed by atoms with Gasteiger partial charge in [-0.1, -0.05) is 13.8 Å². The Morgan fingerprint density at radius 1 is 1.59 bits per heavy atom. The van der Waals surface area contributed by atoms with Gasteiger partial charge in [0.15, 0.2) is 0 Å². The van der Waals surface area contributed by atoms with Crippen molar-refractivity contribution in [1.29, 1.82) is 0 Å². The van der Waals surface area contributed by atoms with Crippen LogP contribution in [0.2, 0.25) is 0 Å². The molecule has 0 spiro atoms. The number of morpholine rings is 1. The van der Waals surface area contributed by atoms with Crippen molar-refractivity contribution in [3.8, 4) is 0 Å². The van der Waals surface area contributed by atoms with Gasteiger partial charge in [-0.05, 0) is 6.92 Å². The zero-order chi connectivity index (χ0) is 12.3. The molecular weight excluding hydrogens is 236 g/mol. The van der Waals surface area contributed by atoms with Gasteiger partial charge in [0.1, 0.15) is 5.82 Å². The first kappa shape index (κ1) is 12.7. The SMILES string of the molecule is Cc1nsc(N2CCOCC2CNC(C)C)n1. The largest absolute Gasteiger partial charge is 0.377 e. The van der Waals surface area contributed by atoms with Crippen molar-refractivity contribution >= 4 is 16.7 Å². The normalized spacial score (nSPS) is 21.2. The van der Waals surface area contributed by atoms with Crippen LogP contribution in [0.3, 0.4) is 0 Å². The fourth-order valence-electron chi connectivity index (χ4n) is 1.85. The number of aryl methyl sites for hydroxylation is 1. The molecule has 5 nitrogen and oxygen atoms in total. The highest BCUT2D eigenvalue weighted by atomic mass is 32.1. The molecule has 0 bridgehead atoms. The molecule has 2 rings (SSSR count). The lowest BCUT2D eigenvalue weighted by atomic mass is 10.2. The molecule has 1 N–H and O–H groups in total. The summed E-state index contributed by atoms with van der Waals surface area (Å²) < 4.78 is 9.80. The van der Waals surface area contributed by atoms with E-state index in [1.54, 1.807) is 0 Å². The molecule has 0 saturated carbocycles. The van der Waals surface area contributed by atoms with Gasteiger partial charge in [-0.25, -0.2) is 4.98 Å². The van der Waals surface area contributed by atoms with Crippen LogP contribution < -0.4 is 10.2 Å². The van der Waals surface area contributed by atoms with Gasteiger partial charge in [-0.2, -0.15) is 4.37 Å². The molecule has 0 radical (unpaired) electrons. The van der Waals surface area contributed by atoms with Crippen LogP contribution in [0, 0.1) is 6.92 Å². The Hall–Kier alpha value is -0.720. The Labute approximate surface area is 106 Å². The van der Waals surface area contributed by atoms with E-state index in [-0.39, 0.29) is 0 Å². The summed E-state index contributed by atoms with van der Waals surface area (Å²) in [6.07, 6.45) is 0. The number of aromatic nitrogens is 2. The molecule has 1 unspecified atom stereocenters. The minimum atomic E-state index is 0.360. The van der Waals surface area contributed by atoms with E-state index in [0.29, 0.717) is 12.1 Å². The molecule has 6 heteroatoms. The third-order valence-corrected chi connectivity index (χ3v) is 3.60. The van der Waals surface area contributed by atoms with Gasteiger partial charge in [0.2, 0.25) is 5.13 Å². The molecule has 1 aliphatic rings. The van der Waals surface area contributed by atoms with Gasteiger partial charge >= 0.3 is 0 Å². The van der Waals surface area contributed by atoms with E-state index in [0.717, 1.165) is 37.3 Å². The molecule has 96 valence electrons. The number of nitrogens with zero attached hydrogens (tertiary/aromatic N) is 3. The molecule has 1 atom stereocenters. The zero-order valence-corrected chi connectivity index (χ0v) is 11.5. The summed E-state index contributed by atoms with van der Waals surface area (Å²) in [6, 6.07) is 0.855. The van der Waals surface area contributed by atoms with Gasteiger partial charge in [-0.3, -0.25) is 0 Å². The van der Waals surface area contributed by atoms with Crippen molar-refractivity contribution in [3.05, 3.63) is 5.82 Å². The van der Waals surface area contributed by atoms with E-state index < -0.39 is 0 Å². The molecule has 1 aromatic heterocycles. The molecule has 1 saturated heterocycles. The lowest BCUT2D eigenvalue weighted by Gasteiger charge is -2.35. The second-order valence-electron chi connectivity index (χ2n) is 4.61. The maximum Gasteiger partial charge on any atom is 0.205 e. The Balaban J connectivity index is 2.01. The monoisotopic (exact) mass is 256 g/mol. The lowest BCUT2D eigenvalue weighted by Crippen LogP contribution is -2.51. The van der Waals surface area contributed by atoms with Crippen molar-refractivity contribution in [2.75, 3.05) is 31.2 Å². The molecule has 0 amide bonds. The molecule has 1 aliphatic heterocycles. The fraction of sp³-hybridized carbons (Fsp3) is 0.818. The van der Waals surface area contributed by atoms with Gasteiger partial charge in [-0.15, -0.1) is 0 Å². The van der Waals surface area contributed by atoms with Crippen LogP contribution in [0.1, 0.15) is 19.7 Å². The summed E-state index contributed by atoms with van der Waals surface area (Å²) in [5.74, 6) is 0.854. The maximum absolute atomic E-state index is 5.55. The first-order chi connectivity index (χ1) is 8.16. The molecular formula is C11H20N4OS. The Morgan fingerprint density at radius 2 is 2.41 bits per heavy atom. The van der Waals surface area contributed by atoms with Crippen molar-refractivity contribution < 1.29 is 4.74 Å². The number of hydrogen-bond donors (Lipinski definition) is 1. The van der Waals surface area contributed by atoms with Crippen LogP contribution in [0.4, 0.5) is 5.13 Å². The summed E-state index contributed by atoms with van der Waals surface area (Å²) in [4.78, 5) is 6.77. The van der Waals surface area contributed by atoms with Crippen LogP contribution in [0.25, 0.3) is 0 Å². The summed E-state index contributed by atoms with van der Waals surface area (Å²) in [5, 5.41) is 4.47. The predicted molar refractivity (Wildman–Crippen MR) is 69.7 cm³/mol. The summed E-state index contributed by atoms with van der Waals surface area (Å²) in [6.45, 7) is 9.61. The van der Waals surface area contributed by atoms with E-state index in [1.807, 2.05) is 6.92 Å². The maximum atomic E-state index is 5.55. The topological polar surface area (TPSA) is 50.3 Å².